The molecular formula is C32H36FNO4. The fourth-order valence-electron chi connectivity index (χ4n) is 6.34. The summed E-state index contributed by atoms with van der Waals surface area (Å²) >= 11 is 0. The van der Waals surface area contributed by atoms with E-state index in [9.17, 15) is 19.4 Å². The SMILES string of the molecule is Cc1cc(CCCC(C)(C)O)cc(C)c1-c1ccc(F)c(COc2ncc3c(c2C)C[C@H]2[C@H](C(=O)O)[C@@H]32)c1. The van der Waals surface area contributed by atoms with E-state index in [4.69, 9.17) is 4.74 Å². The third-order valence-corrected chi connectivity index (χ3v) is 8.24. The molecule has 1 saturated carbocycles. The summed E-state index contributed by atoms with van der Waals surface area (Å²) in [6.07, 6.45) is 5.04. The molecule has 0 amide bonds. The van der Waals surface area contributed by atoms with Gasteiger partial charge in [0, 0.05) is 23.2 Å². The van der Waals surface area contributed by atoms with Crippen LogP contribution in [0.1, 0.15) is 71.6 Å². The second kappa shape index (κ2) is 9.81. The number of halogens is 1. The lowest BCUT2D eigenvalue weighted by Gasteiger charge is -2.18. The number of benzene rings is 2. The van der Waals surface area contributed by atoms with Crippen LogP contribution in [0.15, 0.2) is 36.5 Å². The number of aryl methyl sites for hydroxylation is 3. The molecule has 200 valence electrons. The van der Waals surface area contributed by atoms with Crippen molar-refractivity contribution in [1.82, 2.24) is 4.98 Å². The van der Waals surface area contributed by atoms with E-state index >= 15 is 0 Å². The van der Waals surface area contributed by atoms with E-state index in [0.29, 0.717) is 11.4 Å². The first-order chi connectivity index (χ1) is 17.9. The Morgan fingerprint density at radius 3 is 2.53 bits per heavy atom. The lowest BCUT2D eigenvalue weighted by Crippen LogP contribution is -2.18. The summed E-state index contributed by atoms with van der Waals surface area (Å²) in [5, 5.41) is 19.4. The number of rotatable bonds is 9. The molecule has 0 bridgehead atoms. The number of fused-ring (bicyclic) bond motifs is 3. The first-order valence-corrected chi connectivity index (χ1v) is 13.4. The van der Waals surface area contributed by atoms with Gasteiger partial charge < -0.3 is 14.9 Å². The van der Waals surface area contributed by atoms with Gasteiger partial charge in [0.15, 0.2) is 0 Å². The van der Waals surface area contributed by atoms with Gasteiger partial charge in [-0.2, -0.15) is 0 Å². The zero-order chi connectivity index (χ0) is 27.4. The average Bonchev–Trinajstić information content (AvgIpc) is 3.42. The number of hydrogen-bond donors (Lipinski definition) is 2. The Morgan fingerprint density at radius 1 is 1.16 bits per heavy atom. The van der Waals surface area contributed by atoms with Crippen molar-refractivity contribution in [2.75, 3.05) is 0 Å². The number of carboxylic acids is 1. The van der Waals surface area contributed by atoms with Crippen LogP contribution in [0.4, 0.5) is 4.39 Å². The van der Waals surface area contributed by atoms with Crippen LogP contribution in [0.3, 0.4) is 0 Å². The number of carbonyl (C=O) groups is 1. The summed E-state index contributed by atoms with van der Waals surface area (Å²) in [5.74, 6) is -0.644. The Hall–Kier alpha value is -3.25. The number of pyridine rings is 1. The molecule has 0 unspecified atom stereocenters. The summed E-state index contributed by atoms with van der Waals surface area (Å²) < 4.78 is 20.8. The van der Waals surface area contributed by atoms with Crippen LogP contribution in [-0.2, 0) is 24.2 Å². The predicted octanol–water partition coefficient (Wildman–Crippen LogP) is 6.46. The summed E-state index contributed by atoms with van der Waals surface area (Å²) in [7, 11) is 0. The van der Waals surface area contributed by atoms with Crippen molar-refractivity contribution in [2.24, 2.45) is 11.8 Å². The Bertz CT molecular complexity index is 1380. The molecule has 2 aromatic carbocycles. The van der Waals surface area contributed by atoms with Crippen molar-refractivity contribution in [3.05, 3.63) is 81.3 Å². The zero-order valence-corrected chi connectivity index (χ0v) is 22.8. The highest BCUT2D eigenvalue weighted by atomic mass is 19.1. The van der Waals surface area contributed by atoms with Crippen molar-refractivity contribution in [3.8, 4) is 17.0 Å². The molecule has 2 aliphatic carbocycles. The van der Waals surface area contributed by atoms with Gasteiger partial charge in [-0.1, -0.05) is 18.2 Å². The van der Waals surface area contributed by atoms with E-state index in [0.717, 1.165) is 64.6 Å². The quantitative estimate of drug-likeness (QED) is 0.341. The van der Waals surface area contributed by atoms with Crippen molar-refractivity contribution in [3.63, 3.8) is 0 Å². The summed E-state index contributed by atoms with van der Waals surface area (Å²) in [6, 6.07) is 9.53. The van der Waals surface area contributed by atoms with Gasteiger partial charge in [0.05, 0.1) is 11.5 Å². The smallest absolute Gasteiger partial charge is 0.307 e. The molecule has 5 nitrogen and oxygen atoms in total. The van der Waals surface area contributed by atoms with Crippen LogP contribution < -0.4 is 4.74 Å². The molecule has 5 rings (SSSR count). The monoisotopic (exact) mass is 517 g/mol. The molecule has 38 heavy (non-hydrogen) atoms. The topological polar surface area (TPSA) is 79.7 Å². The Balaban J connectivity index is 1.31. The van der Waals surface area contributed by atoms with Crippen LogP contribution in [0.2, 0.25) is 0 Å². The van der Waals surface area contributed by atoms with E-state index in [2.05, 4.69) is 31.0 Å². The first kappa shape index (κ1) is 26.4. The third kappa shape index (κ3) is 5.06. The number of carboxylic acid groups (broad SMARTS) is 1. The van der Waals surface area contributed by atoms with Crippen molar-refractivity contribution < 1.29 is 24.1 Å². The normalized spacial score (nSPS) is 19.7. The number of ether oxygens (including phenoxy) is 1. The summed E-state index contributed by atoms with van der Waals surface area (Å²) in [5.41, 5.74) is 8.43. The highest BCUT2D eigenvalue weighted by Crippen LogP contribution is 2.62. The lowest BCUT2D eigenvalue weighted by atomic mass is 9.90. The van der Waals surface area contributed by atoms with E-state index < -0.39 is 11.6 Å². The van der Waals surface area contributed by atoms with Gasteiger partial charge in [-0.15, -0.1) is 0 Å². The van der Waals surface area contributed by atoms with E-state index in [1.54, 1.807) is 6.20 Å². The Labute approximate surface area is 223 Å². The van der Waals surface area contributed by atoms with Gasteiger partial charge in [-0.3, -0.25) is 4.79 Å². The fourth-order valence-corrected chi connectivity index (χ4v) is 6.34. The van der Waals surface area contributed by atoms with Crippen LogP contribution in [0, 0.1) is 38.4 Å². The third-order valence-electron chi connectivity index (χ3n) is 8.24. The predicted molar refractivity (Wildman–Crippen MR) is 145 cm³/mol. The summed E-state index contributed by atoms with van der Waals surface area (Å²) in [6.45, 7) is 9.84. The number of nitrogens with zero attached hydrogens (tertiary/aromatic N) is 1. The highest BCUT2D eigenvalue weighted by molar-refractivity contribution is 5.78. The highest BCUT2D eigenvalue weighted by Gasteiger charge is 2.60. The van der Waals surface area contributed by atoms with Crippen LogP contribution in [0.5, 0.6) is 5.88 Å². The molecule has 0 radical (unpaired) electrons. The fraction of sp³-hybridized carbons (Fsp3) is 0.438. The molecule has 2 N–H and O–H groups in total. The molecule has 1 aromatic heterocycles. The second-order valence-electron chi connectivity index (χ2n) is 11.7. The van der Waals surface area contributed by atoms with Gasteiger partial charge in [0.1, 0.15) is 12.4 Å². The zero-order valence-electron chi connectivity index (χ0n) is 22.8. The lowest BCUT2D eigenvalue weighted by molar-refractivity contribution is -0.139. The van der Waals surface area contributed by atoms with Crippen LogP contribution in [0.25, 0.3) is 11.1 Å². The van der Waals surface area contributed by atoms with Crippen molar-refractivity contribution >= 4 is 5.97 Å². The number of aromatic nitrogens is 1. The molecule has 0 aliphatic heterocycles. The van der Waals surface area contributed by atoms with Crippen LogP contribution >= 0.6 is 0 Å². The minimum Gasteiger partial charge on any atom is -0.481 e. The molecule has 1 fully saturated rings. The molecule has 6 heteroatoms. The number of aliphatic hydroxyl groups is 1. The number of hydrogen-bond acceptors (Lipinski definition) is 4. The number of aliphatic carboxylic acids is 1. The van der Waals surface area contributed by atoms with E-state index in [1.807, 2.05) is 32.9 Å². The van der Waals surface area contributed by atoms with Gasteiger partial charge in [0.2, 0.25) is 5.88 Å². The Morgan fingerprint density at radius 2 is 1.87 bits per heavy atom. The van der Waals surface area contributed by atoms with Crippen LogP contribution in [-0.4, -0.2) is 26.8 Å². The van der Waals surface area contributed by atoms with Gasteiger partial charge in [0.25, 0.3) is 0 Å². The second-order valence-corrected chi connectivity index (χ2v) is 11.7. The van der Waals surface area contributed by atoms with Gasteiger partial charge in [-0.05, 0) is 117 Å². The van der Waals surface area contributed by atoms with Gasteiger partial charge >= 0.3 is 5.97 Å². The van der Waals surface area contributed by atoms with E-state index in [-0.39, 0.29) is 30.2 Å². The average molecular weight is 518 g/mol. The molecular weight excluding hydrogens is 481 g/mol. The largest absolute Gasteiger partial charge is 0.481 e. The molecule has 0 spiro atoms. The van der Waals surface area contributed by atoms with E-state index in [1.165, 1.54) is 11.6 Å². The maximum Gasteiger partial charge on any atom is 0.307 e. The molecule has 3 aromatic rings. The molecule has 3 atom stereocenters. The minimum atomic E-state index is -0.732. The van der Waals surface area contributed by atoms with Gasteiger partial charge in [-0.25, -0.2) is 9.37 Å². The maximum absolute atomic E-state index is 14.8. The molecule has 0 saturated heterocycles. The standard InChI is InChI=1S/C32H36FNO4/c1-17-11-20(7-6-10-32(4,5)37)12-18(2)27(17)21-8-9-26(33)22(13-21)16-38-30-19(3)23-14-24-28(25(23)15-34-30)29(24)31(35)36/h8-9,11-13,15,24,28-29,37H,6-7,10,14,16H2,1-5H3,(H,35,36)/t24-,28-,29+/m1/s1. The first-order valence-electron chi connectivity index (χ1n) is 13.4. The van der Waals surface area contributed by atoms with Crippen molar-refractivity contribution in [2.45, 2.75) is 78.4 Å². The molecule has 2 aliphatic rings. The summed E-state index contributed by atoms with van der Waals surface area (Å²) in [4.78, 5) is 15.9. The minimum absolute atomic E-state index is 0.0596. The molecule has 1 heterocycles. The Kier molecular flexibility index (Phi) is 6.80. The maximum atomic E-state index is 14.8. The van der Waals surface area contributed by atoms with Crippen molar-refractivity contribution in [1.29, 1.82) is 0 Å².